The number of hydrogen-bond donors (Lipinski definition) is 2. The molecule has 0 aromatic carbocycles. The third-order valence-electron chi connectivity index (χ3n) is 2.54. The fraction of sp³-hybridized carbons (Fsp3) is 0.267. The van der Waals surface area contributed by atoms with Gasteiger partial charge in [-0.1, -0.05) is 11.8 Å². The van der Waals surface area contributed by atoms with Crippen LogP contribution in [0.3, 0.4) is 0 Å². The summed E-state index contributed by atoms with van der Waals surface area (Å²) in [5, 5.41) is 13.2. The van der Waals surface area contributed by atoms with Gasteiger partial charge in [-0.25, -0.2) is 9.97 Å². The molecule has 2 aromatic heterocycles. The first-order valence-corrected chi connectivity index (χ1v) is 7.29. The Hall–Kier alpha value is -2.23. The number of anilines is 1. The van der Waals surface area contributed by atoms with E-state index in [-0.39, 0.29) is 12.5 Å². The van der Waals surface area contributed by atoms with Crippen LogP contribution in [0.25, 0.3) is 0 Å². The molecule has 2 aromatic rings. The molecule has 6 heteroatoms. The van der Waals surface area contributed by atoms with E-state index in [4.69, 9.17) is 5.11 Å². The number of nitrogens with one attached hydrogen (secondary N) is 1. The number of thiophene rings is 1. The van der Waals surface area contributed by atoms with Crippen LogP contribution in [0, 0.1) is 25.7 Å². The van der Waals surface area contributed by atoms with Gasteiger partial charge >= 0.3 is 0 Å². The molecular formula is C15H15N3O2S. The molecule has 0 atom stereocenters. The lowest BCUT2D eigenvalue weighted by Gasteiger charge is -2.04. The fourth-order valence-corrected chi connectivity index (χ4v) is 2.48. The smallest absolute Gasteiger partial charge is 0.269 e. The zero-order valence-corrected chi connectivity index (χ0v) is 12.6. The number of amides is 1. The molecule has 2 rings (SSSR count). The van der Waals surface area contributed by atoms with Gasteiger partial charge in [0.05, 0.1) is 6.61 Å². The highest BCUT2D eigenvalue weighted by atomic mass is 32.1. The summed E-state index contributed by atoms with van der Waals surface area (Å²) in [6, 6.07) is 3.62. The van der Waals surface area contributed by atoms with E-state index in [9.17, 15) is 4.79 Å². The van der Waals surface area contributed by atoms with Gasteiger partial charge in [-0.15, -0.1) is 11.3 Å². The maximum absolute atomic E-state index is 12.3. The number of rotatable bonds is 3. The van der Waals surface area contributed by atoms with Gasteiger partial charge in [-0.05, 0) is 31.4 Å². The Morgan fingerprint density at radius 2 is 2.10 bits per heavy atom. The van der Waals surface area contributed by atoms with Crippen LogP contribution < -0.4 is 5.32 Å². The second kappa shape index (κ2) is 6.97. The number of aliphatic hydroxyl groups excluding tert-OH is 1. The van der Waals surface area contributed by atoms with Crippen LogP contribution in [-0.2, 0) is 0 Å². The maximum atomic E-state index is 12.3. The topological polar surface area (TPSA) is 75.1 Å². The first-order chi connectivity index (χ1) is 10.1. The summed E-state index contributed by atoms with van der Waals surface area (Å²) in [4.78, 5) is 21.1. The van der Waals surface area contributed by atoms with Crippen LogP contribution >= 0.6 is 11.3 Å². The lowest BCUT2D eigenvalue weighted by Crippen LogP contribution is -2.14. The summed E-state index contributed by atoms with van der Waals surface area (Å²) in [6.07, 6.45) is 0.386. The molecule has 0 spiro atoms. The van der Waals surface area contributed by atoms with Crippen molar-refractivity contribution >= 4 is 23.2 Å². The normalized spacial score (nSPS) is 9.86. The summed E-state index contributed by atoms with van der Waals surface area (Å²) in [5.41, 5.74) is 2.24. The van der Waals surface area contributed by atoms with E-state index in [1.807, 2.05) is 19.9 Å². The minimum atomic E-state index is -0.275. The summed E-state index contributed by atoms with van der Waals surface area (Å²) < 4.78 is 0. The van der Waals surface area contributed by atoms with Gasteiger partial charge in [-0.3, -0.25) is 10.1 Å². The Labute approximate surface area is 127 Å². The monoisotopic (exact) mass is 301 g/mol. The zero-order chi connectivity index (χ0) is 15.2. The number of hydrogen-bond acceptors (Lipinski definition) is 5. The third kappa shape index (κ3) is 4.12. The Kier molecular flexibility index (Phi) is 5.04. The van der Waals surface area contributed by atoms with Crippen molar-refractivity contribution in [1.82, 2.24) is 9.97 Å². The number of carbonyl (C=O) groups is 1. The Morgan fingerprint density at radius 3 is 2.76 bits per heavy atom. The molecule has 0 aliphatic rings. The molecule has 21 heavy (non-hydrogen) atoms. The SMILES string of the molecule is Cc1cc(C)nc(NC(=O)c2sccc2C#CCCO)n1. The fourth-order valence-electron chi connectivity index (χ4n) is 1.74. The van der Waals surface area contributed by atoms with Crippen molar-refractivity contribution in [2.24, 2.45) is 0 Å². The molecular weight excluding hydrogens is 286 g/mol. The predicted octanol–water partition coefficient (Wildman–Crippen LogP) is 2.14. The molecule has 5 nitrogen and oxygen atoms in total. The number of nitrogens with zero attached hydrogens (tertiary/aromatic N) is 2. The van der Waals surface area contributed by atoms with Gasteiger partial charge in [0.1, 0.15) is 4.88 Å². The van der Waals surface area contributed by atoms with Crippen LogP contribution in [0.1, 0.15) is 33.0 Å². The highest BCUT2D eigenvalue weighted by molar-refractivity contribution is 7.12. The summed E-state index contributed by atoms with van der Waals surface area (Å²) in [7, 11) is 0. The molecule has 0 radical (unpaired) electrons. The molecule has 0 saturated heterocycles. The van der Waals surface area contributed by atoms with Crippen LogP contribution in [-0.4, -0.2) is 27.6 Å². The second-order valence-corrected chi connectivity index (χ2v) is 5.28. The van der Waals surface area contributed by atoms with Crippen molar-refractivity contribution in [3.05, 3.63) is 39.3 Å². The average Bonchev–Trinajstić information content (AvgIpc) is 2.86. The summed E-state index contributed by atoms with van der Waals surface area (Å²) >= 11 is 1.31. The van der Waals surface area contributed by atoms with Crippen molar-refractivity contribution in [1.29, 1.82) is 0 Å². The molecule has 108 valence electrons. The Morgan fingerprint density at radius 1 is 1.38 bits per heavy atom. The van der Waals surface area contributed by atoms with Gasteiger partial charge in [0.25, 0.3) is 5.91 Å². The van der Waals surface area contributed by atoms with Crippen LogP contribution in [0.4, 0.5) is 5.95 Å². The molecule has 0 unspecified atom stereocenters. The van der Waals surface area contributed by atoms with Crippen LogP contribution in [0.15, 0.2) is 17.5 Å². The van der Waals surface area contributed by atoms with E-state index in [1.165, 1.54) is 11.3 Å². The molecule has 1 amide bonds. The van der Waals surface area contributed by atoms with Crippen LogP contribution in [0.5, 0.6) is 0 Å². The van der Waals surface area contributed by atoms with Gasteiger partial charge < -0.3 is 5.11 Å². The van der Waals surface area contributed by atoms with E-state index in [0.29, 0.717) is 22.8 Å². The summed E-state index contributed by atoms with van der Waals surface area (Å²) in [6.45, 7) is 3.71. The average molecular weight is 301 g/mol. The molecule has 0 fully saturated rings. The largest absolute Gasteiger partial charge is 0.395 e. The van der Waals surface area contributed by atoms with Gasteiger partial charge in [-0.2, -0.15) is 0 Å². The van der Waals surface area contributed by atoms with Crippen molar-refractivity contribution in [2.75, 3.05) is 11.9 Å². The molecule has 0 aliphatic heterocycles. The van der Waals surface area contributed by atoms with E-state index in [2.05, 4.69) is 27.1 Å². The van der Waals surface area contributed by atoms with Crippen molar-refractivity contribution in [3.63, 3.8) is 0 Å². The predicted molar refractivity (Wildman–Crippen MR) is 82.4 cm³/mol. The third-order valence-corrected chi connectivity index (χ3v) is 3.45. The van der Waals surface area contributed by atoms with Gasteiger partial charge in [0, 0.05) is 23.4 Å². The number of aromatic nitrogens is 2. The lowest BCUT2D eigenvalue weighted by atomic mass is 10.2. The highest BCUT2D eigenvalue weighted by Crippen LogP contribution is 2.17. The first-order valence-electron chi connectivity index (χ1n) is 6.41. The molecule has 0 bridgehead atoms. The van der Waals surface area contributed by atoms with E-state index >= 15 is 0 Å². The minimum Gasteiger partial charge on any atom is -0.395 e. The quantitative estimate of drug-likeness (QED) is 0.852. The van der Waals surface area contributed by atoms with Gasteiger partial charge in [0.15, 0.2) is 0 Å². The number of aryl methyl sites for hydroxylation is 2. The van der Waals surface area contributed by atoms with Crippen LogP contribution in [0.2, 0.25) is 0 Å². The standard InChI is InChI=1S/C15H15N3O2S/c1-10-9-11(2)17-15(16-10)18-14(20)13-12(6-8-21-13)5-3-4-7-19/h6,8-9,19H,4,7H2,1-2H3,(H,16,17,18,20). The summed E-state index contributed by atoms with van der Waals surface area (Å²) in [5.74, 6) is 5.71. The number of aliphatic hydroxyl groups is 1. The Balaban J connectivity index is 2.18. The molecule has 0 aliphatic carbocycles. The number of carbonyl (C=O) groups excluding carboxylic acids is 1. The molecule has 2 heterocycles. The lowest BCUT2D eigenvalue weighted by molar-refractivity contribution is 0.102. The van der Waals surface area contributed by atoms with Crippen molar-refractivity contribution < 1.29 is 9.90 Å². The second-order valence-electron chi connectivity index (χ2n) is 4.37. The van der Waals surface area contributed by atoms with E-state index < -0.39 is 0 Å². The molecule has 0 saturated carbocycles. The van der Waals surface area contributed by atoms with Crippen molar-refractivity contribution in [3.8, 4) is 11.8 Å². The molecule has 2 N–H and O–H groups in total. The Bertz CT molecular complexity index is 693. The minimum absolute atomic E-state index is 0.00900. The van der Waals surface area contributed by atoms with Gasteiger partial charge in [0.2, 0.25) is 5.95 Å². The highest BCUT2D eigenvalue weighted by Gasteiger charge is 2.13. The maximum Gasteiger partial charge on any atom is 0.269 e. The van der Waals surface area contributed by atoms with Crippen molar-refractivity contribution in [2.45, 2.75) is 20.3 Å². The van der Waals surface area contributed by atoms with E-state index in [0.717, 1.165) is 11.4 Å². The first kappa shape index (κ1) is 15.2. The zero-order valence-electron chi connectivity index (χ0n) is 11.8. The van der Waals surface area contributed by atoms with E-state index in [1.54, 1.807) is 11.4 Å².